The Balaban J connectivity index is 0. The molecule has 0 spiro atoms. The number of esters is 2. The fourth-order valence-electron chi connectivity index (χ4n) is 3.17. The smallest absolute Gasteiger partial charge is 0.305 e. The highest BCUT2D eigenvalue weighted by Crippen LogP contribution is 2.10. The largest absolute Gasteiger partial charge is 0.466 e. The maximum Gasteiger partial charge on any atom is 0.305 e. The van der Waals surface area contributed by atoms with Crippen LogP contribution in [0.25, 0.3) is 0 Å². The molecule has 0 amide bonds. The van der Waals surface area contributed by atoms with Crippen LogP contribution in [0.3, 0.4) is 0 Å². The van der Waals surface area contributed by atoms with Crippen molar-refractivity contribution in [3.63, 3.8) is 0 Å². The number of rotatable bonds is 22. The molecule has 192 valence electrons. The van der Waals surface area contributed by atoms with Crippen LogP contribution >= 0.6 is 0 Å². The molecule has 0 radical (unpaired) electrons. The molecule has 0 heterocycles. The van der Waals surface area contributed by atoms with Crippen LogP contribution in [0.15, 0.2) is 0 Å². The molecule has 0 aromatic rings. The molecule has 0 unspecified atom stereocenters. The van der Waals surface area contributed by atoms with Crippen molar-refractivity contribution in [2.24, 2.45) is 0 Å². The number of carbonyl (C=O) groups is 2. The summed E-state index contributed by atoms with van der Waals surface area (Å²) >= 11 is 0. The van der Waals surface area contributed by atoms with E-state index in [-0.39, 0.29) is 25.2 Å². The van der Waals surface area contributed by atoms with Gasteiger partial charge in [0.2, 0.25) is 0 Å². The van der Waals surface area contributed by atoms with Crippen molar-refractivity contribution in [3.8, 4) is 0 Å². The van der Waals surface area contributed by atoms with Crippen molar-refractivity contribution in [3.05, 3.63) is 0 Å². The van der Waals surface area contributed by atoms with Gasteiger partial charge in [0.1, 0.15) is 0 Å². The van der Waals surface area contributed by atoms with Gasteiger partial charge in [-0.15, -0.1) is 0 Å². The first kappa shape index (κ1) is 33.0. The highest BCUT2D eigenvalue weighted by Gasteiger charge is 2.04. The van der Waals surface area contributed by atoms with Gasteiger partial charge >= 0.3 is 11.9 Å². The lowest BCUT2D eigenvalue weighted by molar-refractivity contribution is -0.146. The van der Waals surface area contributed by atoms with Crippen LogP contribution in [0.1, 0.15) is 129 Å². The van der Waals surface area contributed by atoms with Gasteiger partial charge in [0, 0.05) is 12.8 Å². The van der Waals surface area contributed by atoms with Crippen LogP contribution in [0.4, 0.5) is 0 Å². The molecular weight excluding hydrogens is 408 g/mol. The Labute approximate surface area is 197 Å². The second-order valence-electron chi connectivity index (χ2n) is 8.34. The summed E-state index contributed by atoms with van der Waals surface area (Å²) in [4.78, 5) is 23.3. The van der Waals surface area contributed by atoms with Gasteiger partial charge in [-0.25, -0.2) is 0 Å². The first-order valence-corrected chi connectivity index (χ1v) is 13.1. The predicted molar refractivity (Wildman–Crippen MR) is 131 cm³/mol. The van der Waals surface area contributed by atoms with Crippen molar-refractivity contribution >= 4 is 11.9 Å². The third-order valence-corrected chi connectivity index (χ3v) is 5.13. The van der Waals surface area contributed by atoms with Crippen molar-refractivity contribution in [1.29, 1.82) is 0 Å². The average molecular weight is 461 g/mol. The Morgan fingerprint density at radius 3 is 1.12 bits per heavy atom. The lowest BCUT2D eigenvalue weighted by Crippen LogP contribution is -2.08. The van der Waals surface area contributed by atoms with Crippen LogP contribution in [0.5, 0.6) is 0 Å². The van der Waals surface area contributed by atoms with Crippen LogP contribution in [-0.4, -0.2) is 48.6 Å². The number of ether oxygens (including phenoxy) is 2. The van der Waals surface area contributed by atoms with E-state index in [0.717, 1.165) is 38.5 Å². The fraction of sp³-hybridized carbons (Fsp3) is 0.923. The molecule has 0 fully saturated rings. The number of hydrogen-bond donors (Lipinski definition) is 2. The zero-order valence-corrected chi connectivity index (χ0v) is 21.1. The Morgan fingerprint density at radius 1 is 0.500 bits per heavy atom. The minimum atomic E-state index is -0.125. The molecule has 6 heteroatoms. The Kier molecular flexibility index (Phi) is 30.8. The maximum absolute atomic E-state index is 11.6. The highest BCUT2D eigenvalue weighted by molar-refractivity contribution is 5.69. The normalized spacial score (nSPS) is 10.4. The van der Waals surface area contributed by atoms with E-state index >= 15 is 0 Å². The van der Waals surface area contributed by atoms with Crippen LogP contribution in [-0.2, 0) is 19.1 Å². The molecule has 0 saturated carbocycles. The molecule has 0 aromatic heterocycles. The molecule has 0 saturated heterocycles. The lowest BCUT2D eigenvalue weighted by Gasteiger charge is -2.06. The minimum absolute atomic E-state index is 0.0931. The van der Waals surface area contributed by atoms with Gasteiger partial charge in [-0.3, -0.25) is 9.59 Å². The molecule has 0 aliphatic heterocycles. The Hall–Kier alpha value is -1.14. The highest BCUT2D eigenvalue weighted by atomic mass is 16.5. The van der Waals surface area contributed by atoms with E-state index in [4.69, 9.17) is 19.7 Å². The van der Waals surface area contributed by atoms with E-state index in [1.54, 1.807) is 0 Å². The number of carbonyl (C=O) groups excluding carboxylic acids is 2. The number of aliphatic hydroxyl groups is 2. The van der Waals surface area contributed by atoms with Gasteiger partial charge in [0.25, 0.3) is 0 Å². The second-order valence-corrected chi connectivity index (χ2v) is 8.34. The SMILES string of the molecule is CCCCCCCCCC(=O)OCCCCOC(=O)CCCCCCCCC.OCCO. The zero-order valence-electron chi connectivity index (χ0n) is 21.1. The summed E-state index contributed by atoms with van der Waals surface area (Å²) in [5.74, 6) is -0.186. The zero-order chi connectivity index (χ0) is 24.1. The second kappa shape index (κ2) is 29.9. The molecule has 0 aliphatic carbocycles. The number of hydrogen-bond acceptors (Lipinski definition) is 6. The van der Waals surface area contributed by atoms with Crippen molar-refractivity contribution < 1.29 is 29.3 Å². The van der Waals surface area contributed by atoms with E-state index in [9.17, 15) is 9.59 Å². The predicted octanol–water partition coefficient (Wildman–Crippen LogP) is 6.11. The van der Waals surface area contributed by atoms with Crippen LogP contribution < -0.4 is 0 Å². The van der Waals surface area contributed by atoms with Crippen molar-refractivity contribution in [2.75, 3.05) is 26.4 Å². The van der Waals surface area contributed by atoms with Gasteiger partial charge in [-0.05, 0) is 25.7 Å². The quantitative estimate of drug-likeness (QED) is 0.150. The maximum atomic E-state index is 11.6. The van der Waals surface area contributed by atoms with E-state index in [1.807, 2.05) is 0 Å². The Bertz CT molecular complexity index is 351. The van der Waals surface area contributed by atoms with E-state index in [1.165, 1.54) is 64.2 Å². The summed E-state index contributed by atoms with van der Waals surface area (Å²) in [6, 6.07) is 0. The summed E-state index contributed by atoms with van der Waals surface area (Å²) in [5.41, 5.74) is 0. The van der Waals surface area contributed by atoms with Gasteiger partial charge in [0.05, 0.1) is 26.4 Å². The minimum Gasteiger partial charge on any atom is -0.466 e. The van der Waals surface area contributed by atoms with E-state index in [0.29, 0.717) is 26.1 Å². The summed E-state index contributed by atoms with van der Waals surface area (Å²) in [6.07, 6.45) is 19.5. The number of aliphatic hydroxyl groups excluding tert-OH is 2. The van der Waals surface area contributed by atoms with Gasteiger partial charge in [-0.2, -0.15) is 0 Å². The molecule has 0 bridgehead atoms. The molecule has 32 heavy (non-hydrogen) atoms. The molecule has 0 atom stereocenters. The summed E-state index contributed by atoms with van der Waals surface area (Å²) in [6.45, 7) is 5.06. The average Bonchev–Trinajstić information content (AvgIpc) is 2.80. The third kappa shape index (κ3) is 31.0. The lowest BCUT2D eigenvalue weighted by atomic mass is 10.1. The monoisotopic (exact) mass is 460 g/mol. The standard InChI is InChI=1S/C24H46O4.C2H6O2/c1-3-5-7-9-11-13-15-19-23(25)27-21-17-18-22-28-24(26)20-16-14-12-10-8-6-4-2;3-1-2-4/h3-22H2,1-2H3;3-4H,1-2H2. The summed E-state index contributed by atoms with van der Waals surface area (Å²) < 4.78 is 10.5. The molecular formula is C26H52O6. The van der Waals surface area contributed by atoms with Crippen LogP contribution in [0.2, 0.25) is 0 Å². The fourth-order valence-corrected chi connectivity index (χ4v) is 3.17. The summed E-state index contributed by atoms with van der Waals surface area (Å²) in [5, 5.41) is 15.2. The first-order valence-electron chi connectivity index (χ1n) is 13.1. The van der Waals surface area contributed by atoms with Gasteiger partial charge in [-0.1, -0.05) is 90.9 Å². The van der Waals surface area contributed by atoms with Crippen molar-refractivity contribution in [2.45, 2.75) is 129 Å². The number of unbranched alkanes of at least 4 members (excludes halogenated alkanes) is 13. The first-order chi connectivity index (χ1) is 15.6. The van der Waals surface area contributed by atoms with Gasteiger partial charge < -0.3 is 19.7 Å². The van der Waals surface area contributed by atoms with Crippen molar-refractivity contribution in [1.82, 2.24) is 0 Å². The molecule has 0 aliphatic rings. The topological polar surface area (TPSA) is 93.1 Å². The van der Waals surface area contributed by atoms with E-state index in [2.05, 4.69) is 13.8 Å². The molecule has 0 rings (SSSR count). The van der Waals surface area contributed by atoms with Crippen LogP contribution in [0, 0.1) is 0 Å². The molecule has 2 N–H and O–H groups in total. The summed E-state index contributed by atoms with van der Waals surface area (Å²) in [7, 11) is 0. The third-order valence-electron chi connectivity index (χ3n) is 5.13. The van der Waals surface area contributed by atoms with E-state index < -0.39 is 0 Å². The molecule has 6 nitrogen and oxygen atoms in total. The molecule has 0 aromatic carbocycles. The Morgan fingerprint density at radius 2 is 0.812 bits per heavy atom. The van der Waals surface area contributed by atoms with Gasteiger partial charge in [0.15, 0.2) is 0 Å².